The van der Waals surface area contributed by atoms with Crippen LogP contribution in [0.1, 0.15) is 17.3 Å². The second kappa shape index (κ2) is 4.54. The zero-order valence-electron chi connectivity index (χ0n) is 9.00. The lowest BCUT2D eigenvalue weighted by molar-refractivity contribution is 0.0960. The molecule has 0 aliphatic rings. The van der Waals surface area contributed by atoms with Crippen molar-refractivity contribution in [3.05, 3.63) is 36.0 Å². The first-order valence-corrected chi connectivity index (χ1v) is 5.07. The number of aromatic amines is 1. The number of hydrogen-bond donors (Lipinski definition) is 2. The second-order valence-corrected chi connectivity index (χ2v) is 3.36. The van der Waals surface area contributed by atoms with E-state index in [4.69, 9.17) is 0 Å². The Bertz CT molecular complexity index is 572. The van der Waals surface area contributed by atoms with Gasteiger partial charge in [0.2, 0.25) is 0 Å². The predicted octanol–water partition coefficient (Wildman–Crippen LogP) is 1.92. The normalized spacial score (nSPS) is 9.56. The van der Waals surface area contributed by atoms with Crippen molar-refractivity contribution in [2.45, 2.75) is 6.92 Å². The van der Waals surface area contributed by atoms with Crippen LogP contribution in [-0.2, 0) is 0 Å². The van der Waals surface area contributed by atoms with E-state index < -0.39 is 0 Å². The molecule has 1 heterocycles. The van der Waals surface area contributed by atoms with E-state index in [0.29, 0.717) is 12.1 Å². The number of aromatic nitrogens is 1. The monoisotopic (exact) mass is 212 g/mol. The minimum atomic E-state index is -0.101. The Balaban J connectivity index is 2.27. The first-order valence-electron chi connectivity index (χ1n) is 5.07. The summed E-state index contributed by atoms with van der Waals surface area (Å²) in [5.74, 6) is 5.43. The molecule has 0 spiro atoms. The summed E-state index contributed by atoms with van der Waals surface area (Å²) in [5.41, 5.74) is 1.52. The topological polar surface area (TPSA) is 44.9 Å². The molecule has 2 aromatic rings. The molecule has 80 valence electrons. The zero-order valence-corrected chi connectivity index (χ0v) is 9.00. The molecule has 0 atom stereocenters. The van der Waals surface area contributed by atoms with Gasteiger partial charge in [-0.05, 0) is 19.1 Å². The van der Waals surface area contributed by atoms with Crippen LogP contribution in [0.2, 0.25) is 0 Å². The van der Waals surface area contributed by atoms with Crippen molar-refractivity contribution in [1.82, 2.24) is 10.3 Å². The number of fused-ring (bicyclic) bond motifs is 1. The number of para-hydroxylation sites is 1. The smallest absolute Gasteiger partial charge is 0.254 e. The minimum absolute atomic E-state index is 0.101. The summed E-state index contributed by atoms with van der Waals surface area (Å²) in [6.07, 6.45) is 1.83. The molecule has 3 nitrogen and oxygen atoms in total. The summed E-state index contributed by atoms with van der Waals surface area (Å²) < 4.78 is 0. The summed E-state index contributed by atoms with van der Waals surface area (Å²) in [6, 6.07) is 7.58. The third-order valence-corrected chi connectivity index (χ3v) is 2.35. The molecule has 2 rings (SSSR count). The maximum atomic E-state index is 11.8. The van der Waals surface area contributed by atoms with Crippen LogP contribution in [0.3, 0.4) is 0 Å². The fourth-order valence-corrected chi connectivity index (χ4v) is 1.58. The predicted molar refractivity (Wildman–Crippen MR) is 64.1 cm³/mol. The Morgan fingerprint density at radius 3 is 3.12 bits per heavy atom. The van der Waals surface area contributed by atoms with E-state index in [-0.39, 0.29) is 5.91 Å². The Kier molecular flexibility index (Phi) is 2.93. The van der Waals surface area contributed by atoms with Crippen molar-refractivity contribution >= 4 is 16.8 Å². The van der Waals surface area contributed by atoms with Crippen LogP contribution in [0.5, 0.6) is 0 Å². The van der Waals surface area contributed by atoms with Gasteiger partial charge >= 0.3 is 0 Å². The van der Waals surface area contributed by atoms with Crippen molar-refractivity contribution in [3.63, 3.8) is 0 Å². The van der Waals surface area contributed by atoms with Crippen LogP contribution in [0.4, 0.5) is 0 Å². The number of benzene rings is 1. The molecule has 0 unspecified atom stereocenters. The van der Waals surface area contributed by atoms with Gasteiger partial charge in [-0.2, -0.15) is 0 Å². The fraction of sp³-hybridized carbons (Fsp3) is 0.154. The van der Waals surface area contributed by atoms with Crippen LogP contribution in [0, 0.1) is 11.8 Å². The van der Waals surface area contributed by atoms with Crippen LogP contribution in [0.25, 0.3) is 10.9 Å². The number of carbonyl (C=O) groups is 1. The molecule has 16 heavy (non-hydrogen) atoms. The van der Waals surface area contributed by atoms with Gasteiger partial charge in [0.05, 0.1) is 17.6 Å². The third kappa shape index (κ3) is 1.91. The van der Waals surface area contributed by atoms with Gasteiger partial charge in [0.25, 0.3) is 5.91 Å². The molecule has 3 heteroatoms. The van der Waals surface area contributed by atoms with Crippen molar-refractivity contribution < 1.29 is 4.79 Å². The number of amides is 1. The van der Waals surface area contributed by atoms with Crippen molar-refractivity contribution in [1.29, 1.82) is 0 Å². The molecule has 0 radical (unpaired) electrons. The van der Waals surface area contributed by atoms with Crippen molar-refractivity contribution in [2.75, 3.05) is 6.54 Å². The summed E-state index contributed by atoms with van der Waals surface area (Å²) >= 11 is 0. The number of H-pyrrole nitrogens is 1. The summed E-state index contributed by atoms with van der Waals surface area (Å²) in [5, 5.41) is 3.79. The lowest BCUT2D eigenvalue weighted by Crippen LogP contribution is -2.23. The van der Waals surface area contributed by atoms with Gasteiger partial charge in [-0.25, -0.2) is 0 Å². The number of nitrogens with one attached hydrogen (secondary N) is 2. The van der Waals surface area contributed by atoms with Gasteiger partial charge in [-0.3, -0.25) is 4.79 Å². The van der Waals surface area contributed by atoms with Gasteiger partial charge in [-0.1, -0.05) is 18.1 Å². The highest BCUT2D eigenvalue weighted by Crippen LogP contribution is 2.16. The van der Waals surface area contributed by atoms with E-state index in [1.807, 2.05) is 24.4 Å². The van der Waals surface area contributed by atoms with Crippen LogP contribution >= 0.6 is 0 Å². The standard InChI is InChI=1S/C13H12N2O/c1-2-3-8-15-13(16)11-6-4-5-10-7-9-14-12(10)11/h4-7,9,14H,8H2,1H3,(H,15,16). The first-order chi connectivity index (χ1) is 7.83. The van der Waals surface area contributed by atoms with E-state index in [1.165, 1.54) is 0 Å². The van der Waals surface area contributed by atoms with Crippen molar-refractivity contribution in [3.8, 4) is 11.8 Å². The molecule has 0 bridgehead atoms. The average Bonchev–Trinajstić information content (AvgIpc) is 2.76. The van der Waals surface area contributed by atoms with Crippen molar-refractivity contribution in [2.24, 2.45) is 0 Å². The van der Waals surface area contributed by atoms with E-state index >= 15 is 0 Å². The largest absolute Gasteiger partial charge is 0.361 e. The van der Waals surface area contributed by atoms with E-state index in [0.717, 1.165) is 10.9 Å². The number of carbonyl (C=O) groups excluding carboxylic acids is 1. The molecule has 2 N–H and O–H groups in total. The highest BCUT2D eigenvalue weighted by atomic mass is 16.1. The molecule has 0 fully saturated rings. The van der Waals surface area contributed by atoms with E-state index in [1.54, 1.807) is 13.0 Å². The summed E-state index contributed by atoms with van der Waals surface area (Å²) in [6.45, 7) is 2.13. The lowest BCUT2D eigenvalue weighted by atomic mass is 10.1. The Labute approximate surface area is 93.9 Å². The molecular weight excluding hydrogens is 200 g/mol. The maximum Gasteiger partial charge on any atom is 0.254 e. The molecule has 1 aromatic heterocycles. The highest BCUT2D eigenvalue weighted by molar-refractivity contribution is 6.05. The Hall–Kier alpha value is -2.21. The number of hydrogen-bond acceptors (Lipinski definition) is 1. The van der Waals surface area contributed by atoms with Gasteiger partial charge in [0, 0.05) is 11.6 Å². The van der Waals surface area contributed by atoms with E-state index in [2.05, 4.69) is 22.1 Å². The lowest BCUT2D eigenvalue weighted by Gasteiger charge is -2.02. The minimum Gasteiger partial charge on any atom is -0.361 e. The third-order valence-electron chi connectivity index (χ3n) is 2.35. The number of rotatable bonds is 2. The van der Waals surface area contributed by atoms with Crippen LogP contribution in [0.15, 0.2) is 30.5 Å². The average molecular weight is 212 g/mol. The molecule has 1 amide bonds. The van der Waals surface area contributed by atoms with Gasteiger partial charge in [0.15, 0.2) is 0 Å². The van der Waals surface area contributed by atoms with Crippen LogP contribution in [-0.4, -0.2) is 17.4 Å². The van der Waals surface area contributed by atoms with Gasteiger partial charge in [-0.15, -0.1) is 5.92 Å². The Morgan fingerprint density at radius 2 is 2.31 bits per heavy atom. The molecular formula is C13H12N2O. The Morgan fingerprint density at radius 1 is 1.44 bits per heavy atom. The molecule has 0 aliphatic carbocycles. The van der Waals surface area contributed by atoms with Gasteiger partial charge < -0.3 is 10.3 Å². The summed E-state index contributed by atoms with van der Waals surface area (Å²) in [4.78, 5) is 14.9. The first kappa shape index (κ1) is 10.3. The summed E-state index contributed by atoms with van der Waals surface area (Å²) in [7, 11) is 0. The maximum absolute atomic E-state index is 11.8. The molecule has 1 aromatic carbocycles. The molecule has 0 saturated carbocycles. The van der Waals surface area contributed by atoms with Crippen LogP contribution < -0.4 is 5.32 Å². The van der Waals surface area contributed by atoms with E-state index in [9.17, 15) is 4.79 Å². The zero-order chi connectivity index (χ0) is 11.4. The second-order valence-electron chi connectivity index (χ2n) is 3.36. The molecule has 0 aliphatic heterocycles. The quantitative estimate of drug-likeness (QED) is 0.734. The SMILES string of the molecule is CC#CCNC(=O)c1cccc2cc[nH]c12. The van der Waals surface area contributed by atoms with Gasteiger partial charge in [0.1, 0.15) is 0 Å². The highest BCUT2D eigenvalue weighted by Gasteiger charge is 2.08. The fourth-order valence-electron chi connectivity index (χ4n) is 1.58. The molecule has 0 saturated heterocycles.